The third-order valence-corrected chi connectivity index (χ3v) is 5.33. The molecule has 4 unspecified atom stereocenters. The lowest BCUT2D eigenvalue weighted by atomic mass is 9.78. The van der Waals surface area contributed by atoms with E-state index < -0.39 is 0 Å². The Morgan fingerprint density at radius 3 is 2.76 bits per heavy atom. The van der Waals surface area contributed by atoms with Gasteiger partial charge >= 0.3 is 0 Å². The van der Waals surface area contributed by atoms with E-state index in [1.54, 1.807) is 7.11 Å². The van der Waals surface area contributed by atoms with Gasteiger partial charge in [0.1, 0.15) is 5.60 Å². The SMILES string of the molecule is COC1(c2noc(C3CCCCC3N)n2)CCCC(C)C1. The van der Waals surface area contributed by atoms with E-state index in [1.807, 2.05) is 0 Å². The second kappa shape index (κ2) is 6.05. The molecule has 2 aliphatic carbocycles. The topological polar surface area (TPSA) is 74.2 Å². The van der Waals surface area contributed by atoms with E-state index in [1.165, 1.54) is 19.3 Å². The van der Waals surface area contributed by atoms with Crippen molar-refractivity contribution >= 4 is 0 Å². The average Bonchev–Trinajstić information content (AvgIpc) is 2.98. The van der Waals surface area contributed by atoms with Crippen LogP contribution in [0.3, 0.4) is 0 Å². The van der Waals surface area contributed by atoms with Crippen LogP contribution in [0.4, 0.5) is 0 Å². The number of hydrogen-bond acceptors (Lipinski definition) is 5. The lowest BCUT2D eigenvalue weighted by molar-refractivity contribution is -0.0658. The number of hydrogen-bond donors (Lipinski definition) is 1. The summed E-state index contributed by atoms with van der Waals surface area (Å²) in [4.78, 5) is 4.70. The molecule has 2 aliphatic rings. The highest BCUT2D eigenvalue weighted by Gasteiger charge is 2.41. The molecule has 0 aliphatic heterocycles. The van der Waals surface area contributed by atoms with Gasteiger partial charge < -0.3 is 15.0 Å². The molecule has 3 rings (SSSR count). The van der Waals surface area contributed by atoms with Crippen LogP contribution in [-0.2, 0) is 10.3 Å². The summed E-state index contributed by atoms with van der Waals surface area (Å²) in [6.07, 6.45) is 8.86. The molecule has 1 aromatic rings. The predicted molar refractivity (Wildman–Crippen MR) is 79.8 cm³/mol. The second-order valence-electron chi connectivity index (χ2n) is 6.91. The zero-order valence-electron chi connectivity index (χ0n) is 13.2. The van der Waals surface area contributed by atoms with Gasteiger partial charge in [0.2, 0.25) is 11.7 Å². The van der Waals surface area contributed by atoms with Gasteiger partial charge in [-0.1, -0.05) is 31.3 Å². The third kappa shape index (κ3) is 2.86. The fourth-order valence-electron chi connectivity index (χ4n) is 4.02. The molecular weight excluding hydrogens is 266 g/mol. The second-order valence-corrected chi connectivity index (χ2v) is 6.91. The number of rotatable bonds is 3. The van der Waals surface area contributed by atoms with Crippen LogP contribution < -0.4 is 5.73 Å². The summed E-state index contributed by atoms with van der Waals surface area (Å²) in [5, 5.41) is 4.26. The summed E-state index contributed by atoms with van der Waals surface area (Å²) in [5.74, 6) is 2.30. The molecular formula is C16H27N3O2. The van der Waals surface area contributed by atoms with Crippen LogP contribution in [0.2, 0.25) is 0 Å². The molecule has 0 radical (unpaired) electrons. The van der Waals surface area contributed by atoms with Gasteiger partial charge in [-0.3, -0.25) is 0 Å². The molecule has 1 heterocycles. The molecule has 1 aromatic heterocycles. The zero-order valence-corrected chi connectivity index (χ0v) is 13.2. The van der Waals surface area contributed by atoms with Crippen molar-refractivity contribution < 1.29 is 9.26 Å². The molecule has 118 valence electrons. The maximum atomic E-state index is 6.23. The van der Waals surface area contributed by atoms with E-state index in [0.717, 1.165) is 37.9 Å². The standard InChI is InChI=1S/C16H27N3O2/c1-11-6-5-9-16(10-11,20-2)15-18-14(21-19-15)12-7-3-4-8-13(12)17/h11-13H,3-10,17H2,1-2H3. The van der Waals surface area contributed by atoms with Gasteiger partial charge in [0.15, 0.2) is 0 Å². The lowest BCUT2D eigenvalue weighted by Gasteiger charge is -2.36. The molecule has 0 saturated heterocycles. The molecule has 0 spiro atoms. The Bertz CT molecular complexity index is 476. The Kier molecular flexibility index (Phi) is 4.31. The molecule has 5 heteroatoms. The highest BCUT2D eigenvalue weighted by Crippen LogP contribution is 2.42. The van der Waals surface area contributed by atoms with Gasteiger partial charge in [-0.05, 0) is 38.0 Å². The molecule has 5 nitrogen and oxygen atoms in total. The molecule has 0 bridgehead atoms. The Labute approximate surface area is 126 Å². The van der Waals surface area contributed by atoms with Crippen molar-refractivity contribution in [1.29, 1.82) is 0 Å². The van der Waals surface area contributed by atoms with Gasteiger partial charge in [-0.2, -0.15) is 4.98 Å². The van der Waals surface area contributed by atoms with Crippen LogP contribution in [0.25, 0.3) is 0 Å². The van der Waals surface area contributed by atoms with E-state index in [4.69, 9.17) is 20.0 Å². The summed E-state index contributed by atoms with van der Waals surface area (Å²) < 4.78 is 11.4. The van der Waals surface area contributed by atoms with Crippen molar-refractivity contribution in [1.82, 2.24) is 10.1 Å². The highest BCUT2D eigenvalue weighted by molar-refractivity contribution is 5.08. The number of methoxy groups -OCH3 is 1. The minimum absolute atomic E-state index is 0.149. The Balaban J connectivity index is 1.82. The summed E-state index contributed by atoms with van der Waals surface area (Å²) in [7, 11) is 1.76. The number of nitrogens with zero attached hydrogens (tertiary/aromatic N) is 2. The fraction of sp³-hybridized carbons (Fsp3) is 0.875. The third-order valence-electron chi connectivity index (χ3n) is 5.33. The van der Waals surface area contributed by atoms with Crippen LogP contribution >= 0.6 is 0 Å². The van der Waals surface area contributed by atoms with Crippen LogP contribution in [0, 0.1) is 5.92 Å². The summed E-state index contributed by atoms with van der Waals surface area (Å²) in [6, 6.07) is 0.149. The summed E-state index contributed by atoms with van der Waals surface area (Å²) in [6.45, 7) is 2.27. The first-order valence-electron chi connectivity index (χ1n) is 8.29. The first kappa shape index (κ1) is 15.0. The number of aromatic nitrogens is 2. The minimum Gasteiger partial charge on any atom is -0.370 e. The van der Waals surface area contributed by atoms with Crippen molar-refractivity contribution in [3.63, 3.8) is 0 Å². The van der Waals surface area contributed by atoms with Gasteiger partial charge in [-0.25, -0.2) is 0 Å². The maximum absolute atomic E-state index is 6.23. The smallest absolute Gasteiger partial charge is 0.231 e. The zero-order chi connectivity index (χ0) is 14.9. The molecule has 2 N–H and O–H groups in total. The number of nitrogens with two attached hydrogens (primary N) is 1. The van der Waals surface area contributed by atoms with Crippen molar-refractivity contribution in [3.8, 4) is 0 Å². The van der Waals surface area contributed by atoms with Gasteiger partial charge in [0.05, 0.1) is 5.92 Å². The molecule has 0 aromatic carbocycles. The molecule has 4 atom stereocenters. The molecule has 2 fully saturated rings. The van der Waals surface area contributed by atoms with E-state index in [-0.39, 0.29) is 17.6 Å². The number of ether oxygens (including phenoxy) is 1. The molecule has 2 saturated carbocycles. The van der Waals surface area contributed by atoms with Crippen molar-refractivity contribution in [3.05, 3.63) is 11.7 Å². The van der Waals surface area contributed by atoms with Crippen LogP contribution in [0.1, 0.15) is 75.9 Å². The Hall–Kier alpha value is -0.940. The van der Waals surface area contributed by atoms with Crippen molar-refractivity contribution in [2.75, 3.05) is 7.11 Å². The lowest BCUT2D eigenvalue weighted by Crippen LogP contribution is -2.35. The van der Waals surface area contributed by atoms with Crippen LogP contribution in [-0.4, -0.2) is 23.3 Å². The van der Waals surface area contributed by atoms with Gasteiger partial charge in [0, 0.05) is 13.2 Å². The highest BCUT2D eigenvalue weighted by atomic mass is 16.5. The van der Waals surface area contributed by atoms with E-state index in [9.17, 15) is 0 Å². The van der Waals surface area contributed by atoms with Crippen LogP contribution in [0.5, 0.6) is 0 Å². The maximum Gasteiger partial charge on any atom is 0.231 e. The van der Waals surface area contributed by atoms with E-state index in [0.29, 0.717) is 11.8 Å². The van der Waals surface area contributed by atoms with Gasteiger partial charge in [-0.15, -0.1) is 0 Å². The largest absolute Gasteiger partial charge is 0.370 e. The monoisotopic (exact) mass is 293 g/mol. The fourth-order valence-corrected chi connectivity index (χ4v) is 4.02. The molecule has 21 heavy (non-hydrogen) atoms. The first-order valence-corrected chi connectivity index (χ1v) is 8.29. The average molecular weight is 293 g/mol. The van der Waals surface area contributed by atoms with Crippen molar-refractivity contribution in [2.45, 2.75) is 75.9 Å². The summed E-state index contributed by atoms with van der Waals surface area (Å²) in [5.41, 5.74) is 5.86. The minimum atomic E-state index is -0.363. The van der Waals surface area contributed by atoms with Gasteiger partial charge in [0.25, 0.3) is 0 Å². The summed E-state index contributed by atoms with van der Waals surface area (Å²) >= 11 is 0. The predicted octanol–water partition coefficient (Wildman–Crippen LogP) is 3.11. The van der Waals surface area contributed by atoms with Crippen molar-refractivity contribution in [2.24, 2.45) is 11.7 Å². The molecule has 0 amide bonds. The normalized spacial score (nSPS) is 37.6. The Morgan fingerprint density at radius 1 is 1.24 bits per heavy atom. The van der Waals surface area contributed by atoms with E-state index >= 15 is 0 Å². The van der Waals surface area contributed by atoms with Crippen LogP contribution in [0.15, 0.2) is 4.52 Å². The Morgan fingerprint density at radius 2 is 2.05 bits per heavy atom. The first-order chi connectivity index (χ1) is 10.1. The van der Waals surface area contributed by atoms with E-state index in [2.05, 4.69) is 12.1 Å². The quantitative estimate of drug-likeness (QED) is 0.927.